The van der Waals surface area contributed by atoms with Crippen molar-refractivity contribution in [2.45, 2.75) is 19.4 Å². The predicted octanol–water partition coefficient (Wildman–Crippen LogP) is 4.79. The van der Waals surface area contributed by atoms with E-state index in [2.05, 4.69) is 25.2 Å². The molecule has 0 unspecified atom stereocenters. The van der Waals surface area contributed by atoms with Crippen LogP contribution in [-0.4, -0.2) is 100 Å². The first kappa shape index (κ1) is 32.7. The van der Waals surface area contributed by atoms with Gasteiger partial charge in [0.05, 0.1) is 32.5 Å². The van der Waals surface area contributed by atoms with Gasteiger partial charge in [-0.2, -0.15) is 4.98 Å². The highest BCUT2D eigenvalue weighted by Crippen LogP contribution is 2.40. The highest BCUT2D eigenvalue weighted by Gasteiger charge is 2.28. The van der Waals surface area contributed by atoms with E-state index in [1.165, 1.54) is 19.2 Å². The fourth-order valence-electron chi connectivity index (χ4n) is 6.59. The van der Waals surface area contributed by atoms with Crippen molar-refractivity contribution in [3.8, 4) is 22.8 Å². The number of piperazine rings is 1. The molecule has 7 rings (SSSR count). The number of nitrogens with zero attached hydrogens (tertiary/aromatic N) is 7. The van der Waals surface area contributed by atoms with E-state index in [1.807, 2.05) is 18.2 Å². The summed E-state index contributed by atoms with van der Waals surface area (Å²) in [5, 5.41) is 8.16. The van der Waals surface area contributed by atoms with Gasteiger partial charge in [0, 0.05) is 80.5 Å². The second-order valence-electron chi connectivity index (χ2n) is 12.2. The molecular weight excluding hydrogens is 646 g/mol. The van der Waals surface area contributed by atoms with Crippen LogP contribution in [0.4, 0.5) is 14.6 Å². The van der Waals surface area contributed by atoms with Gasteiger partial charge in [-0.1, -0.05) is 17.4 Å². The van der Waals surface area contributed by atoms with Crippen molar-refractivity contribution < 1.29 is 27.8 Å². The minimum Gasteiger partial charge on any atom is -0.496 e. The summed E-state index contributed by atoms with van der Waals surface area (Å²) in [6.07, 6.45) is 5.95. The van der Waals surface area contributed by atoms with E-state index in [0.29, 0.717) is 73.7 Å². The van der Waals surface area contributed by atoms with Crippen LogP contribution in [0.5, 0.6) is 11.6 Å². The number of rotatable bonds is 9. The van der Waals surface area contributed by atoms with Gasteiger partial charge in [-0.15, -0.1) is 5.10 Å². The van der Waals surface area contributed by atoms with Crippen molar-refractivity contribution >= 4 is 34.1 Å². The van der Waals surface area contributed by atoms with E-state index in [9.17, 15) is 14.0 Å². The predicted molar refractivity (Wildman–Crippen MR) is 183 cm³/mol. The molecule has 14 heteroatoms. The van der Waals surface area contributed by atoms with Crippen LogP contribution >= 0.6 is 0 Å². The molecule has 0 atom stereocenters. The first-order valence-electron chi connectivity index (χ1n) is 16.4. The van der Waals surface area contributed by atoms with Crippen LogP contribution < -0.4 is 14.4 Å². The van der Waals surface area contributed by atoms with Crippen LogP contribution in [0.1, 0.15) is 28.9 Å². The van der Waals surface area contributed by atoms with Gasteiger partial charge in [0.25, 0.3) is 5.91 Å². The average molecular weight is 683 g/mol. The SMILES string of the molecule is COc1cccc(N2CCN(C(=O)c3cc4c(-c5ccc(F)cc5OC)cc(C5=CCCN(C(=O)CCn6ccnn6)C5)c(F)c4[nH]3)CC2)n1. The first-order chi connectivity index (χ1) is 24.3. The van der Waals surface area contributed by atoms with E-state index in [4.69, 9.17) is 9.47 Å². The molecule has 0 bridgehead atoms. The number of hydrogen-bond acceptors (Lipinski definition) is 8. The molecule has 258 valence electrons. The van der Waals surface area contributed by atoms with Crippen molar-refractivity contribution in [1.29, 1.82) is 0 Å². The van der Waals surface area contributed by atoms with Crippen molar-refractivity contribution in [2.24, 2.45) is 0 Å². The van der Waals surface area contributed by atoms with Gasteiger partial charge in [-0.3, -0.25) is 14.3 Å². The topological polar surface area (TPSA) is 122 Å². The Morgan fingerprint density at radius 1 is 0.920 bits per heavy atom. The summed E-state index contributed by atoms with van der Waals surface area (Å²) in [6.45, 7) is 3.09. The van der Waals surface area contributed by atoms with Gasteiger partial charge in [0.15, 0.2) is 5.82 Å². The molecular formula is C36H36F2N8O4. The largest absolute Gasteiger partial charge is 0.496 e. The number of aromatic nitrogens is 5. The van der Waals surface area contributed by atoms with Crippen molar-refractivity contribution in [3.63, 3.8) is 0 Å². The number of H-pyrrole nitrogens is 1. The van der Waals surface area contributed by atoms with Gasteiger partial charge >= 0.3 is 0 Å². The summed E-state index contributed by atoms with van der Waals surface area (Å²) < 4.78 is 43.3. The lowest BCUT2D eigenvalue weighted by Crippen LogP contribution is -2.49. The number of pyridine rings is 1. The first-order valence-corrected chi connectivity index (χ1v) is 16.4. The number of fused-ring (bicyclic) bond motifs is 1. The summed E-state index contributed by atoms with van der Waals surface area (Å²) in [5.41, 5.74) is 2.39. The Morgan fingerprint density at radius 3 is 2.52 bits per heavy atom. The van der Waals surface area contributed by atoms with E-state index >= 15 is 4.39 Å². The van der Waals surface area contributed by atoms with Gasteiger partial charge in [0.1, 0.15) is 23.1 Å². The molecule has 2 amide bonds. The molecule has 2 aromatic carbocycles. The number of anilines is 1. The third-order valence-electron chi connectivity index (χ3n) is 9.22. The minimum atomic E-state index is -0.541. The molecule has 1 N–H and O–H groups in total. The fraction of sp³-hybridized carbons (Fsp3) is 0.306. The monoisotopic (exact) mass is 682 g/mol. The van der Waals surface area contributed by atoms with Crippen LogP contribution in [0, 0.1) is 11.6 Å². The Morgan fingerprint density at radius 2 is 1.76 bits per heavy atom. The van der Waals surface area contributed by atoms with Gasteiger partial charge < -0.3 is 29.2 Å². The molecule has 1 saturated heterocycles. The maximum absolute atomic E-state index is 16.6. The lowest BCUT2D eigenvalue weighted by molar-refractivity contribution is -0.131. The molecule has 5 aromatic rings. The van der Waals surface area contributed by atoms with Crippen LogP contribution in [0.3, 0.4) is 0 Å². The van der Waals surface area contributed by atoms with Crippen molar-refractivity contribution in [2.75, 3.05) is 58.4 Å². The third-order valence-corrected chi connectivity index (χ3v) is 9.22. The highest BCUT2D eigenvalue weighted by molar-refractivity contribution is 6.05. The number of aryl methyl sites for hydroxylation is 1. The quantitative estimate of drug-likeness (QED) is 0.236. The average Bonchev–Trinajstić information content (AvgIpc) is 3.85. The van der Waals surface area contributed by atoms with Crippen molar-refractivity contribution in [1.82, 2.24) is 34.8 Å². The fourth-order valence-corrected chi connectivity index (χ4v) is 6.59. The highest BCUT2D eigenvalue weighted by atomic mass is 19.1. The molecule has 0 saturated carbocycles. The van der Waals surface area contributed by atoms with Gasteiger partial charge in [0.2, 0.25) is 11.8 Å². The molecule has 2 aliphatic rings. The molecule has 0 aliphatic carbocycles. The second kappa shape index (κ2) is 14.0. The zero-order chi connectivity index (χ0) is 34.8. The Bertz CT molecular complexity index is 2070. The Kier molecular flexibility index (Phi) is 9.15. The van der Waals surface area contributed by atoms with Gasteiger partial charge in [-0.05, 0) is 47.9 Å². The number of methoxy groups -OCH3 is 2. The zero-order valence-electron chi connectivity index (χ0n) is 27.7. The van der Waals surface area contributed by atoms with Gasteiger partial charge in [-0.25, -0.2) is 8.78 Å². The Balaban J connectivity index is 1.20. The zero-order valence-corrected chi connectivity index (χ0v) is 27.7. The summed E-state index contributed by atoms with van der Waals surface area (Å²) in [4.78, 5) is 40.1. The maximum atomic E-state index is 16.6. The molecule has 1 fully saturated rings. The lowest BCUT2D eigenvalue weighted by atomic mass is 9.92. The molecule has 50 heavy (non-hydrogen) atoms. The number of carbonyl (C=O) groups is 2. The molecule has 2 aliphatic heterocycles. The standard InChI is InChI=1S/C36H36F2N8O4/c1-49-30-19-24(37)8-9-25(30)27-20-26(23-5-4-12-45(22-23)33(47)10-13-46-14-11-39-42-46)34(38)35-28(27)21-29(40-35)36(48)44-17-15-43(16-18-44)31-6-3-7-32(41-31)50-2/h3,5-9,11,14,19-21,40H,4,10,12-13,15-18,22H2,1-2H3. The Labute approximate surface area is 286 Å². The molecule has 12 nitrogen and oxygen atoms in total. The number of aromatic amines is 1. The smallest absolute Gasteiger partial charge is 0.270 e. The van der Waals surface area contributed by atoms with E-state index in [-0.39, 0.29) is 47.3 Å². The number of amides is 2. The lowest BCUT2D eigenvalue weighted by Gasteiger charge is -2.35. The number of carbonyl (C=O) groups excluding carboxylic acids is 2. The summed E-state index contributed by atoms with van der Waals surface area (Å²) in [6, 6.07) is 13.1. The number of nitrogens with one attached hydrogen (secondary N) is 1. The maximum Gasteiger partial charge on any atom is 0.270 e. The number of ether oxygens (including phenoxy) is 2. The summed E-state index contributed by atoms with van der Waals surface area (Å²) >= 11 is 0. The molecule has 5 heterocycles. The molecule has 0 spiro atoms. The number of benzene rings is 2. The van der Waals surface area contributed by atoms with Crippen molar-refractivity contribution in [3.05, 3.63) is 89.9 Å². The number of hydrogen-bond donors (Lipinski definition) is 1. The van der Waals surface area contributed by atoms with Crippen LogP contribution in [0.25, 0.3) is 27.6 Å². The third kappa shape index (κ3) is 6.48. The van der Waals surface area contributed by atoms with E-state index in [1.54, 1.807) is 58.3 Å². The van der Waals surface area contributed by atoms with E-state index in [0.717, 1.165) is 5.82 Å². The summed E-state index contributed by atoms with van der Waals surface area (Å²) in [7, 11) is 3.01. The Hall–Kier alpha value is -5.79. The van der Waals surface area contributed by atoms with Crippen LogP contribution in [-0.2, 0) is 11.3 Å². The second-order valence-corrected chi connectivity index (χ2v) is 12.2. The normalized spacial score (nSPS) is 15.0. The van der Waals surface area contributed by atoms with Crippen LogP contribution in [0.15, 0.2) is 67.0 Å². The summed E-state index contributed by atoms with van der Waals surface area (Å²) in [5.74, 6) is 0.181. The van der Waals surface area contributed by atoms with Crippen LogP contribution in [0.2, 0.25) is 0 Å². The van der Waals surface area contributed by atoms with E-state index < -0.39 is 11.6 Å². The minimum absolute atomic E-state index is 0.0805. The molecule has 0 radical (unpaired) electrons. The molecule has 3 aromatic heterocycles. The number of halogens is 2.